The highest BCUT2D eigenvalue weighted by molar-refractivity contribution is 5.82. The summed E-state index contributed by atoms with van der Waals surface area (Å²) in [7, 11) is 0. The molecule has 1 aliphatic heterocycles. The number of fused-ring (bicyclic) bond motifs is 3. The summed E-state index contributed by atoms with van der Waals surface area (Å²) in [5, 5.41) is 2.80. The number of rotatable bonds is 4. The van der Waals surface area contributed by atoms with Gasteiger partial charge in [0, 0.05) is 19.3 Å². The second kappa shape index (κ2) is 6.33. The number of benzene rings is 1. The molecule has 4 rings (SSSR count). The Kier molecular flexibility index (Phi) is 4.01. The normalized spacial score (nSPS) is 17.4. The van der Waals surface area contributed by atoms with Crippen LogP contribution < -0.4 is 10.9 Å². The number of ether oxygens (including phenoxy) is 1. The van der Waals surface area contributed by atoms with Crippen LogP contribution in [0.4, 0.5) is 4.39 Å². The van der Waals surface area contributed by atoms with Gasteiger partial charge in [-0.25, -0.2) is 4.39 Å². The quantitative estimate of drug-likeness (QED) is 0.784. The molecule has 0 saturated carbocycles. The molecule has 3 heterocycles. The Hall–Kier alpha value is -2.67. The van der Waals surface area contributed by atoms with Crippen molar-refractivity contribution in [3.05, 3.63) is 52.7 Å². The first-order chi connectivity index (χ1) is 12.1. The Morgan fingerprint density at radius 3 is 2.96 bits per heavy atom. The fourth-order valence-electron chi connectivity index (χ4n) is 3.32. The minimum absolute atomic E-state index is 0.0305. The molecule has 2 aromatic heterocycles. The average molecular weight is 343 g/mol. The molecule has 0 unspecified atom stereocenters. The van der Waals surface area contributed by atoms with Gasteiger partial charge in [0.25, 0.3) is 5.56 Å². The average Bonchev–Trinajstić information content (AvgIpc) is 3.28. The van der Waals surface area contributed by atoms with Crippen LogP contribution in [0.3, 0.4) is 0 Å². The van der Waals surface area contributed by atoms with Crippen LogP contribution >= 0.6 is 0 Å². The summed E-state index contributed by atoms with van der Waals surface area (Å²) in [5.41, 5.74) is 1.19. The van der Waals surface area contributed by atoms with Crippen LogP contribution in [-0.4, -0.2) is 34.1 Å². The topological polar surface area (TPSA) is 64.7 Å². The van der Waals surface area contributed by atoms with Gasteiger partial charge in [-0.1, -0.05) is 0 Å². The van der Waals surface area contributed by atoms with Crippen molar-refractivity contribution in [1.29, 1.82) is 0 Å². The van der Waals surface area contributed by atoms with Crippen molar-refractivity contribution in [1.82, 2.24) is 14.3 Å². The zero-order valence-corrected chi connectivity index (χ0v) is 13.6. The van der Waals surface area contributed by atoms with Crippen LogP contribution in [0.15, 0.2) is 41.3 Å². The molecule has 1 fully saturated rings. The van der Waals surface area contributed by atoms with E-state index >= 15 is 0 Å². The Morgan fingerprint density at radius 1 is 1.28 bits per heavy atom. The van der Waals surface area contributed by atoms with Gasteiger partial charge in [0.15, 0.2) is 0 Å². The minimum Gasteiger partial charge on any atom is -0.376 e. The lowest BCUT2D eigenvalue weighted by Gasteiger charge is -2.14. The number of nitrogens with one attached hydrogen (secondary N) is 1. The lowest BCUT2D eigenvalue weighted by molar-refractivity contribution is -0.122. The lowest BCUT2D eigenvalue weighted by atomic mass is 10.2. The Labute approximate surface area is 142 Å². The molecule has 1 atom stereocenters. The zero-order valence-electron chi connectivity index (χ0n) is 13.6. The van der Waals surface area contributed by atoms with Crippen LogP contribution in [0, 0.1) is 5.82 Å². The molecule has 3 aromatic rings. The van der Waals surface area contributed by atoms with Crippen molar-refractivity contribution >= 4 is 22.5 Å². The van der Waals surface area contributed by atoms with E-state index in [4.69, 9.17) is 4.74 Å². The molecule has 1 saturated heterocycles. The minimum atomic E-state index is -0.452. The Bertz CT molecular complexity index is 1000. The van der Waals surface area contributed by atoms with E-state index in [1.807, 2.05) is 0 Å². The van der Waals surface area contributed by atoms with E-state index in [0.29, 0.717) is 23.1 Å². The molecule has 1 aromatic carbocycles. The number of hydrogen-bond donors (Lipinski definition) is 1. The van der Waals surface area contributed by atoms with Gasteiger partial charge in [0.2, 0.25) is 5.91 Å². The smallest absolute Gasteiger partial charge is 0.275 e. The standard InChI is InChI=1S/C18H18FN3O3/c19-12-5-6-14-16(9-12)22(18(24)15-4-1-7-21(14)15)11-17(23)20-10-13-3-2-8-25-13/h1,4-7,9,13H,2-3,8,10-11H2,(H,20,23)/t13-/m1/s1. The predicted octanol–water partition coefficient (Wildman–Crippen LogP) is 1.69. The molecular formula is C18H18FN3O3. The lowest BCUT2D eigenvalue weighted by Crippen LogP contribution is -2.37. The van der Waals surface area contributed by atoms with Gasteiger partial charge in [-0.3, -0.25) is 14.2 Å². The molecule has 0 radical (unpaired) electrons. The second-order valence-electron chi connectivity index (χ2n) is 6.23. The molecule has 0 bridgehead atoms. The van der Waals surface area contributed by atoms with Gasteiger partial charge in [0.1, 0.15) is 17.9 Å². The molecule has 1 aliphatic rings. The van der Waals surface area contributed by atoms with Gasteiger partial charge >= 0.3 is 0 Å². The van der Waals surface area contributed by atoms with E-state index < -0.39 is 5.82 Å². The van der Waals surface area contributed by atoms with Crippen molar-refractivity contribution in [3.63, 3.8) is 0 Å². The summed E-state index contributed by atoms with van der Waals surface area (Å²) < 4.78 is 22.2. The maximum atomic E-state index is 13.7. The van der Waals surface area contributed by atoms with Crippen LogP contribution in [0.25, 0.3) is 16.6 Å². The van der Waals surface area contributed by atoms with E-state index in [-0.39, 0.29) is 24.1 Å². The third kappa shape index (κ3) is 2.91. The van der Waals surface area contributed by atoms with E-state index in [9.17, 15) is 14.0 Å². The highest BCUT2D eigenvalue weighted by atomic mass is 19.1. The van der Waals surface area contributed by atoms with Crippen molar-refractivity contribution in [2.75, 3.05) is 13.2 Å². The summed E-state index contributed by atoms with van der Waals surface area (Å²) in [6.45, 7) is 0.981. The summed E-state index contributed by atoms with van der Waals surface area (Å²) in [6.07, 6.45) is 3.70. The van der Waals surface area contributed by atoms with Crippen molar-refractivity contribution in [3.8, 4) is 0 Å². The van der Waals surface area contributed by atoms with E-state index in [2.05, 4.69) is 5.32 Å². The monoisotopic (exact) mass is 343 g/mol. The van der Waals surface area contributed by atoms with Crippen LogP contribution in [0.2, 0.25) is 0 Å². The summed E-state index contributed by atoms with van der Waals surface area (Å²) >= 11 is 0. The molecule has 0 aliphatic carbocycles. The first kappa shape index (κ1) is 15.8. The highest BCUT2D eigenvalue weighted by Crippen LogP contribution is 2.17. The van der Waals surface area contributed by atoms with Crippen molar-refractivity contribution in [2.45, 2.75) is 25.5 Å². The number of carbonyl (C=O) groups is 1. The highest BCUT2D eigenvalue weighted by Gasteiger charge is 2.18. The number of hydrogen-bond acceptors (Lipinski definition) is 3. The Morgan fingerprint density at radius 2 is 2.16 bits per heavy atom. The maximum Gasteiger partial charge on any atom is 0.275 e. The van der Waals surface area contributed by atoms with Crippen LogP contribution in [-0.2, 0) is 16.1 Å². The molecule has 1 N–H and O–H groups in total. The molecule has 130 valence electrons. The fourth-order valence-corrected chi connectivity index (χ4v) is 3.32. The Balaban J connectivity index is 1.69. The van der Waals surface area contributed by atoms with E-state index in [1.165, 1.54) is 16.7 Å². The number of halogens is 1. The van der Waals surface area contributed by atoms with Crippen LogP contribution in [0.1, 0.15) is 12.8 Å². The summed E-state index contributed by atoms with van der Waals surface area (Å²) in [5.74, 6) is -0.744. The largest absolute Gasteiger partial charge is 0.376 e. The SMILES string of the molecule is O=C(Cn1c(=O)c2cccn2c2ccc(F)cc21)NC[C@H]1CCCO1. The van der Waals surface area contributed by atoms with Crippen molar-refractivity contribution in [2.24, 2.45) is 0 Å². The maximum absolute atomic E-state index is 13.7. The first-order valence-corrected chi connectivity index (χ1v) is 8.31. The molecule has 7 heteroatoms. The van der Waals surface area contributed by atoms with E-state index in [1.54, 1.807) is 28.8 Å². The van der Waals surface area contributed by atoms with E-state index in [0.717, 1.165) is 19.4 Å². The number of amides is 1. The molecular weight excluding hydrogens is 325 g/mol. The van der Waals surface area contributed by atoms with Gasteiger partial charge in [-0.05, 0) is 43.2 Å². The molecule has 6 nitrogen and oxygen atoms in total. The molecule has 1 amide bonds. The molecule has 0 spiro atoms. The van der Waals surface area contributed by atoms with Gasteiger partial charge in [0.05, 0.1) is 17.1 Å². The van der Waals surface area contributed by atoms with Gasteiger partial charge in [-0.15, -0.1) is 0 Å². The van der Waals surface area contributed by atoms with Crippen molar-refractivity contribution < 1.29 is 13.9 Å². The van der Waals surface area contributed by atoms with Gasteiger partial charge < -0.3 is 14.5 Å². The molecule has 25 heavy (non-hydrogen) atoms. The third-order valence-electron chi connectivity index (χ3n) is 4.55. The third-order valence-corrected chi connectivity index (χ3v) is 4.55. The summed E-state index contributed by atoms with van der Waals surface area (Å²) in [6, 6.07) is 7.67. The first-order valence-electron chi connectivity index (χ1n) is 8.31. The second-order valence-corrected chi connectivity index (χ2v) is 6.23. The number of carbonyl (C=O) groups excluding carboxylic acids is 1. The zero-order chi connectivity index (χ0) is 17.4. The number of aromatic nitrogens is 2. The summed E-state index contributed by atoms with van der Waals surface area (Å²) in [4.78, 5) is 25.0. The van der Waals surface area contributed by atoms with Gasteiger partial charge in [-0.2, -0.15) is 0 Å². The fraction of sp³-hybridized carbons (Fsp3) is 0.333. The predicted molar refractivity (Wildman–Crippen MR) is 91.1 cm³/mol. The van der Waals surface area contributed by atoms with Crippen LogP contribution in [0.5, 0.6) is 0 Å². The number of nitrogens with zero attached hydrogens (tertiary/aromatic N) is 2.